The van der Waals surface area contributed by atoms with Gasteiger partial charge in [0.05, 0.1) is 5.69 Å². The molecule has 9 aromatic rings. The van der Waals surface area contributed by atoms with E-state index in [-0.39, 0.29) is 0 Å². The lowest BCUT2D eigenvalue weighted by atomic mass is 10.0. The average molecular weight is 595 g/mol. The van der Waals surface area contributed by atoms with Crippen LogP contribution in [0.3, 0.4) is 0 Å². The number of oxazole rings is 1. The fourth-order valence-corrected chi connectivity index (χ4v) is 7.42. The molecule has 7 aromatic carbocycles. The molecular formula is C41H26N2OS. The van der Waals surface area contributed by atoms with Gasteiger partial charge in [0.25, 0.3) is 0 Å². The second-order valence-electron chi connectivity index (χ2n) is 11.2. The predicted molar refractivity (Wildman–Crippen MR) is 190 cm³/mol. The average Bonchev–Trinajstić information content (AvgIpc) is 3.72. The van der Waals surface area contributed by atoms with Crippen molar-refractivity contribution in [2.45, 2.75) is 0 Å². The van der Waals surface area contributed by atoms with Crippen molar-refractivity contribution in [1.29, 1.82) is 0 Å². The standard InChI is InChI=1S/C41H26N2OS/c1-3-12-27(13-4-1)29-17-11-18-31(24-29)43(32-22-23-38-35(26-32)34-20-9-10-21-37(34)45-38)36-25-30-16-7-8-19-33(30)40-39(36)42-41(44-40)28-14-5-2-6-15-28/h1-26H. The van der Waals surface area contributed by atoms with Gasteiger partial charge < -0.3 is 9.32 Å². The van der Waals surface area contributed by atoms with Crippen LogP contribution in [0.15, 0.2) is 162 Å². The van der Waals surface area contributed by atoms with Gasteiger partial charge in [0.1, 0.15) is 5.52 Å². The van der Waals surface area contributed by atoms with Crippen LogP contribution in [0.5, 0.6) is 0 Å². The van der Waals surface area contributed by atoms with Crippen LogP contribution >= 0.6 is 11.3 Å². The molecular weight excluding hydrogens is 569 g/mol. The summed E-state index contributed by atoms with van der Waals surface area (Å²) in [5.41, 5.74) is 7.98. The molecule has 0 aliphatic carbocycles. The molecule has 212 valence electrons. The van der Waals surface area contributed by atoms with Crippen LogP contribution in [0, 0.1) is 0 Å². The molecule has 0 saturated carbocycles. The van der Waals surface area contributed by atoms with Crippen molar-refractivity contribution in [1.82, 2.24) is 4.98 Å². The summed E-state index contributed by atoms with van der Waals surface area (Å²) in [7, 11) is 0. The second kappa shape index (κ2) is 10.5. The van der Waals surface area contributed by atoms with E-state index in [1.807, 2.05) is 41.7 Å². The molecule has 0 radical (unpaired) electrons. The van der Waals surface area contributed by atoms with Crippen molar-refractivity contribution >= 4 is 70.4 Å². The highest BCUT2D eigenvalue weighted by Gasteiger charge is 2.23. The summed E-state index contributed by atoms with van der Waals surface area (Å²) in [5, 5.41) is 4.67. The quantitative estimate of drug-likeness (QED) is 0.198. The van der Waals surface area contributed by atoms with Crippen LogP contribution in [0.1, 0.15) is 0 Å². The number of anilines is 3. The van der Waals surface area contributed by atoms with Crippen molar-refractivity contribution in [2.24, 2.45) is 0 Å². The van der Waals surface area contributed by atoms with Gasteiger partial charge in [-0.15, -0.1) is 11.3 Å². The lowest BCUT2D eigenvalue weighted by molar-refractivity contribution is 0.623. The number of benzene rings is 7. The number of aromatic nitrogens is 1. The summed E-state index contributed by atoms with van der Waals surface area (Å²) in [4.78, 5) is 7.52. The fourth-order valence-electron chi connectivity index (χ4n) is 6.33. The monoisotopic (exact) mass is 594 g/mol. The zero-order valence-electron chi connectivity index (χ0n) is 24.2. The first-order valence-corrected chi connectivity index (χ1v) is 15.9. The van der Waals surface area contributed by atoms with Gasteiger partial charge in [-0.1, -0.05) is 103 Å². The van der Waals surface area contributed by atoms with Crippen molar-refractivity contribution in [3.05, 3.63) is 158 Å². The normalized spacial score (nSPS) is 11.6. The second-order valence-corrected chi connectivity index (χ2v) is 12.3. The molecule has 0 saturated heterocycles. The number of fused-ring (bicyclic) bond motifs is 6. The molecule has 45 heavy (non-hydrogen) atoms. The van der Waals surface area contributed by atoms with E-state index in [1.54, 1.807) is 0 Å². The zero-order chi connectivity index (χ0) is 29.7. The molecule has 0 spiro atoms. The largest absolute Gasteiger partial charge is 0.435 e. The van der Waals surface area contributed by atoms with Crippen LogP contribution in [-0.4, -0.2) is 4.98 Å². The van der Waals surface area contributed by atoms with E-state index in [0.717, 1.165) is 50.1 Å². The highest BCUT2D eigenvalue weighted by molar-refractivity contribution is 7.25. The number of nitrogens with zero attached hydrogens (tertiary/aromatic N) is 2. The summed E-state index contributed by atoms with van der Waals surface area (Å²) in [6.45, 7) is 0. The van der Waals surface area contributed by atoms with Crippen LogP contribution in [0.4, 0.5) is 17.1 Å². The van der Waals surface area contributed by atoms with E-state index in [2.05, 4.69) is 132 Å². The van der Waals surface area contributed by atoms with Crippen LogP contribution in [0.2, 0.25) is 0 Å². The Labute approximate surface area is 264 Å². The number of thiophene rings is 1. The van der Waals surface area contributed by atoms with Gasteiger partial charge in [0, 0.05) is 42.5 Å². The van der Waals surface area contributed by atoms with Gasteiger partial charge in [-0.05, 0) is 71.1 Å². The molecule has 3 nitrogen and oxygen atoms in total. The molecule has 0 bridgehead atoms. The first-order chi connectivity index (χ1) is 22.3. The van der Waals surface area contributed by atoms with E-state index in [0.29, 0.717) is 5.89 Å². The summed E-state index contributed by atoms with van der Waals surface area (Å²) in [5.74, 6) is 0.612. The van der Waals surface area contributed by atoms with Crippen molar-refractivity contribution in [3.8, 4) is 22.6 Å². The molecule has 2 heterocycles. The third-order valence-electron chi connectivity index (χ3n) is 8.46. The van der Waals surface area contributed by atoms with Gasteiger partial charge in [0.2, 0.25) is 5.89 Å². The molecule has 2 aromatic heterocycles. The Kier molecular flexibility index (Phi) is 6.00. The van der Waals surface area contributed by atoms with Gasteiger partial charge >= 0.3 is 0 Å². The SMILES string of the molecule is c1ccc(-c2cccc(N(c3ccc4sc5ccccc5c4c3)c3cc4ccccc4c4oc(-c5ccccc5)nc34)c2)cc1. The van der Waals surface area contributed by atoms with Gasteiger partial charge in [-0.3, -0.25) is 0 Å². The van der Waals surface area contributed by atoms with E-state index in [1.165, 1.54) is 25.7 Å². The molecule has 0 aliphatic heterocycles. The summed E-state index contributed by atoms with van der Waals surface area (Å²) in [6.07, 6.45) is 0. The van der Waals surface area contributed by atoms with Crippen molar-refractivity contribution in [2.75, 3.05) is 4.90 Å². The van der Waals surface area contributed by atoms with E-state index < -0.39 is 0 Å². The minimum Gasteiger partial charge on any atom is -0.435 e. The molecule has 0 fully saturated rings. The van der Waals surface area contributed by atoms with E-state index >= 15 is 0 Å². The third-order valence-corrected chi connectivity index (χ3v) is 9.61. The fraction of sp³-hybridized carbons (Fsp3) is 0. The van der Waals surface area contributed by atoms with Crippen LogP contribution < -0.4 is 4.90 Å². The van der Waals surface area contributed by atoms with Crippen molar-refractivity contribution in [3.63, 3.8) is 0 Å². The number of hydrogen-bond donors (Lipinski definition) is 0. The van der Waals surface area contributed by atoms with Crippen LogP contribution in [0.25, 0.3) is 64.6 Å². The molecule has 0 amide bonds. The Morgan fingerprint density at radius 2 is 1.16 bits per heavy atom. The van der Waals surface area contributed by atoms with E-state index in [4.69, 9.17) is 9.40 Å². The molecule has 0 aliphatic rings. The molecule has 0 unspecified atom stereocenters. The smallest absolute Gasteiger partial charge is 0.227 e. The predicted octanol–water partition coefficient (Wildman–Crippen LogP) is 12.2. The molecule has 4 heteroatoms. The Hall–Kier alpha value is -5.71. The Balaban J connectivity index is 1.35. The topological polar surface area (TPSA) is 29.3 Å². The Bertz CT molecular complexity index is 2500. The number of rotatable bonds is 5. The summed E-state index contributed by atoms with van der Waals surface area (Å²) >= 11 is 1.83. The number of hydrogen-bond acceptors (Lipinski definition) is 4. The molecule has 9 rings (SSSR count). The lowest BCUT2D eigenvalue weighted by Crippen LogP contribution is -2.11. The van der Waals surface area contributed by atoms with Gasteiger partial charge in [-0.2, -0.15) is 0 Å². The summed E-state index contributed by atoms with van der Waals surface area (Å²) < 4.78 is 9.17. The maximum atomic E-state index is 6.60. The first kappa shape index (κ1) is 25.8. The van der Waals surface area contributed by atoms with Gasteiger partial charge in [-0.25, -0.2) is 4.98 Å². The van der Waals surface area contributed by atoms with E-state index in [9.17, 15) is 0 Å². The maximum absolute atomic E-state index is 6.60. The highest BCUT2D eigenvalue weighted by atomic mass is 32.1. The third kappa shape index (κ3) is 4.38. The van der Waals surface area contributed by atoms with Crippen molar-refractivity contribution < 1.29 is 4.42 Å². The highest BCUT2D eigenvalue weighted by Crippen LogP contribution is 2.45. The minimum absolute atomic E-state index is 0.612. The Morgan fingerprint density at radius 1 is 0.489 bits per heavy atom. The summed E-state index contributed by atoms with van der Waals surface area (Å²) in [6, 6.07) is 55.6. The van der Waals surface area contributed by atoms with Crippen LogP contribution in [-0.2, 0) is 0 Å². The lowest BCUT2D eigenvalue weighted by Gasteiger charge is -2.26. The Morgan fingerprint density at radius 3 is 2.00 bits per heavy atom. The zero-order valence-corrected chi connectivity index (χ0v) is 25.0. The first-order valence-electron chi connectivity index (χ1n) is 15.0. The molecule has 0 atom stereocenters. The maximum Gasteiger partial charge on any atom is 0.227 e. The van der Waals surface area contributed by atoms with Gasteiger partial charge in [0.15, 0.2) is 5.58 Å². The molecule has 0 N–H and O–H groups in total. The minimum atomic E-state index is 0.612.